The molecular formula is C12H18N2O4. The minimum absolute atomic E-state index is 0.0200. The molecule has 6 heteroatoms. The van der Waals surface area contributed by atoms with E-state index in [0.717, 1.165) is 0 Å². The van der Waals surface area contributed by atoms with Crippen LogP contribution in [0, 0.1) is 10.1 Å². The third kappa shape index (κ3) is 3.89. The second kappa shape index (κ2) is 6.20. The number of aliphatic hydroxyl groups is 1. The molecule has 0 saturated heterocycles. The minimum atomic E-state index is -0.509. The maximum absolute atomic E-state index is 10.8. The van der Waals surface area contributed by atoms with E-state index in [9.17, 15) is 15.2 Å². The number of non-ortho nitro benzene ring substituents is 1. The largest absolute Gasteiger partial charge is 0.494 e. The van der Waals surface area contributed by atoms with Crippen molar-refractivity contribution in [3.8, 4) is 5.75 Å². The van der Waals surface area contributed by atoms with Gasteiger partial charge >= 0.3 is 0 Å². The molecule has 1 aromatic rings. The Labute approximate surface area is 106 Å². The Kier molecular flexibility index (Phi) is 4.91. The molecule has 0 aliphatic carbocycles. The highest BCUT2D eigenvalue weighted by molar-refractivity contribution is 5.57. The molecular weight excluding hydrogens is 236 g/mol. The summed E-state index contributed by atoms with van der Waals surface area (Å²) in [5.41, 5.74) is 0.627. The molecule has 1 rings (SSSR count). The van der Waals surface area contributed by atoms with E-state index in [1.165, 1.54) is 12.1 Å². The normalized spacial score (nSPS) is 12.0. The summed E-state index contributed by atoms with van der Waals surface area (Å²) in [6.45, 7) is 4.32. The molecule has 0 fully saturated rings. The molecule has 100 valence electrons. The standard InChI is InChI=1S/C12H18N2O4/c1-4-18-12-6-10(13(3)8-9(2)15)5-11(7-12)14(16)17/h5-7,9,15H,4,8H2,1-3H3. The minimum Gasteiger partial charge on any atom is -0.494 e. The van der Waals surface area contributed by atoms with Crippen molar-refractivity contribution in [1.82, 2.24) is 0 Å². The molecule has 0 spiro atoms. The van der Waals surface area contributed by atoms with Crippen molar-refractivity contribution in [2.75, 3.05) is 25.1 Å². The van der Waals surface area contributed by atoms with Crippen LogP contribution in [0.5, 0.6) is 5.75 Å². The van der Waals surface area contributed by atoms with Crippen LogP contribution in [0.4, 0.5) is 11.4 Å². The van der Waals surface area contributed by atoms with Gasteiger partial charge in [0.1, 0.15) is 5.75 Å². The second-order valence-corrected chi connectivity index (χ2v) is 4.10. The molecule has 18 heavy (non-hydrogen) atoms. The highest BCUT2D eigenvalue weighted by Crippen LogP contribution is 2.28. The van der Waals surface area contributed by atoms with E-state index in [-0.39, 0.29) is 5.69 Å². The molecule has 0 aliphatic heterocycles. The Morgan fingerprint density at radius 1 is 1.50 bits per heavy atom. The molecule has 0 bridgehead atoms. The van der Waals surface area contributed by atoms with Crippen molar-refractivity contribution < 1.29 is 14.8 Å². The number of nitro benzene ring substituents is 1. The van der Waals surface area contributed by atoms with Crippen molar-refractivity contribution in [3.05, 3.63) is 28.3 Å². The van der Waals surface area contributed by atoms with Crippen LogP contribution in [0.25, 0.3) is 0 Å². The molecule has 1 N–H and O–H groups in total. The van der Waals surface area contributed by atoms with Gasteiger partial charge < -0.3 is 14.7 Å². The van der Waals surface area contributed by atoms with E-state index in [0.29, 0.717) is 24.6 Å². The summed E-state index contributed by atoms with van der Waals surface area (Å²) in [5.74, 6) is 0.458. The molecule has 0 aromatic heterocycles. The van der Waals surface area contributed by atoms with Crippen molar-refractivity contribution in [2.45, 2.75) is 20.0 Å². The summed E-state index contributed by atoms with van der Waals surface area (Å²) in [6, 6.07) is 4.58. The van der Waals surface area contributed by atoms with Gasteiger partial charge in [-0.05, 0) is 13.8 Å². The van der Waals surface area contributed by atoms with Crippen LogP contribution in [-0.2, 0) is 0 Å². The van der Waals surface area contributed by atoms with Gasteiger partial charge in [-0.25, -0.2) is 0 Å². The first-order chi connectivity index (χ1) is 8.43. The lowest BCUT2D eigenvalue weighted by molar-refractivity contribution is -0.384. The van der Waals surface area contributed by atoms with E-state index in [1.807, 2.05) is 6.92 Å². The molecule has 1 atom stereocenters. The fraction of sp³-hybridized carbons (Fsp3) is 0.500. The van der Waals surface area contributed by atoms with Crippen molar-refractivity contribution in [2.24, 2.45) is 0 Å². The third-order valence-electron chi connectivity index (χ3n) is 2.38. The van der Waals surface area contributed by atoms with E-state index in [2.05, 4.69) is 0 Å². The second-order valence-electron chi connectivity index (χ2n) is 4.10. The number of hydrogen-bond acceptors (Lipinski definition) is 5. The van der Waals surface area contributed by atoms with Gasteiger partial charge in [-0.1, -0.05) is 0 Å². The summed E-state index contributed by atoms with van der Waals surface area (Å²) in [5, 5.41) is 20.2. The number of ether oxygens (including phenoxy) is 1. The first kappa shape index (κ1) is 14.2. The first-order valence-corrected chi connectivity index (χ1v) is 5.75. The van der Waals surface area contributed by atoms with Gasteiger partial charge in [-0.3, -0.25) is 10.1 Å². The van der Waals surface area contributed by atoms with Crippen LogP contribution in [0.2, 0.25) is 0 Å². The summed E-state index contributed by atoms with van der Waals surface area (Å²) in [7, 11) is 1.77. The number of hydrogen-bond donors (Lipinski definition) is 1. The Morgan fingerprint density at radius 3 is 2.67 bits per heavy atom. The van der Waals surface area contributed by atoms with Crippen molar-refractivity contribution in [1.29, 1.82) is 0 Å². The topological polar surface area (TPSA) is 75.8 Å². The van der Waals surface area contributed by atoms with E-state index in [1.54, 1.807) is 24.9 Å². The number of benzene rings is 1. The number of likely N-dealkylation sites (N-methyl/N-ethyl adjacent to an activating group) is 1. The highest BCUT2D eigenvalue weighted by atomic mass is 16.6. The zero-order valence-corrected chi connectivity index (χ0v) is 10.8. The Bertz CT molecular complexity index is 421. The molecule has 0 amide bonds. The number of anilines is 1. The van der Waals surface area contributed by atoms with E-state index >= 15 is 0 Å². The summed E-state index contributed by atoms with van der Waals surface area (Å²) >= 11 is 0. The van der Waals surface area contributed by atoms with Gasteiger partial charge in [0.05, 0.1) is 23.7 Å². The fourth-order valence-corrected chi connectivity index (χ4v) is 1.65. The first-order valence-electron chi connectivity index (χ1n) is 5.75. The highest BCUT2D eigenvalue weighted by Gasteiger charge is 2.13. The fourth-order valence-electron chi connectivity index (χ4n) is 1.65. The van der Waals surface area contributed by atoms with Gasteiger partial charge in [0.15, 0.2) is 0 Å². The van der Waals surface area contributed by atoms with Crippen LogP contribution in [0.15, 0.2) is 18.2 Å². The lowest BCUT2D eigenvalue weighted by atomic mass is 10.2. The van der Waals surface area contributed by atoms with Crippen LogP contribution in [0.3, 0.4) is 0 Å². The smallest absolute Gasteiger partial charge is 0.275 e. The number of nitrogens with zero attached hydrogens (tertiary/aromatic N) is 2. The Morgan fingerprint density at radius 2 is 2.17 bits per heavy atom. The molecule has 1 unspecified atom stereocenters. The van der Waals surface area contributed by atoms with Gasteiger partial charge in [-0.2, -0.15) is 0 Å². The summed E-state index contributed by atoms with van der Waals surface area (Å²) < 4.78 is 5.30. The molecule has 0 radical (unpaired) electrons. The molecule has 1 aromatic carbocycles. The Balaban J connectivity index is 3.05. The maximum atomic E-state index is 10.8. The van der Waals surface area contributed by atoms with Crippen LogP contribution < -0.4 is 9.64 Å². The lowest BCUT2D eigenvalue weighted by Crippen LogP contribution is -2.26. The predicted octanol–water partition coefficient (Wildman–Crippen LogP) is 1.81. The molecule has 0 saturated carbocycles. The quantitative estimate of drug-likeness (QED) is 0.619. The van der Waals surface area contributed by atoms with Gasteiger partial charge in [0.2, 0.25) is 0 Å². The number of rotatable bonds is 6. The van der Waals surface area contributed by atoms with Crippen LogP contribution >= 0.6 is 0 Å². The van der Waals surface area contributed by atoms with Crippen LogP contribution in [-0.4, -0.2) is 36.3 Å². The summed E-state index contributed by atoms with van der Waals surface area (Å²) in [6.07, 6.45) is -0.509. The summed E-state index contributed by atoms with van der Waals surface area (Å²) in [4.78, 5) is 12.1. The monoisotopic (exact) mass is 254 g/mol. The van der Waals surface area contributed by atoms with Gasteiger partial charge in [0.25, 0.3) is 5.69 Å². The van der Waals surface area contributed by atoms with Crippen LogP contribution in [0.1, 0.15) is 13.8 Å². The SMILES string of the molecule is CCOc1cc(N(C)CC(C)O)cc([N+](=O)[O-])c1. The zero-order chi connectivity index (χ0) is 13.7. The van der Waals surface area contributed by atoms with Crippen molar-refractivity contribution >= 4 is 11.4 Å². The third-order valence-corrected chi connectivity index (χ3v) is 2.38. The zero-order valence-electron chi connectivity index (χ0n) is 10.8. The van der Waals surface area contributed by atoms with E-state index < -0.39 is 11.0 Å². The average Bonchev–Trinajstić information content (AvgIpc) is 2.28. The number of aliphatic hydroxyl groups excluding tert-OH is 1. The predicted molar refractivity (Wildman–Crippen MR) is 69.2 cm³/mol. The lowest BCUT2D eigenvalue weighted by Gasteiger charge is -2.21. The van der Waals surface area contributed by atoms with Gasteiger partial charge in [-0.15, -0.1) is 0 Å². The maximum Gasteiger partial charge on any atom is 0.275 e. The van der Waals surface area contributed by atoms with Gasteiger partial charge in [0, 0.05) is 31.4 Å². The molecule has 0 aliphatic rings. The van der Waals surface area contributed by atoms with E-state index in [4.69, 9.17) is 4.74 Å². The number of nitro groups is 1. The molecule has 0 heterocycles. The Hall–Kier alpha value is -1.82. The molecule has 6 nitrogen and oxygen atoms in total. The van der Waals surface area contributed by atoms with Crippen molar-refractivity contribution in [3.63, 3.8) is 0 Å². The average molecular weight is 254 g/mol.